The van der Waals surface area contributed by atoms with Crippen LogP contribution in [-0.2, 0) is 43.2 Å². The highest BCUT2D eigenvalue weighted by molar-refractivity contribution is 7.80. The minimum absolute atomic E-state index is 0.108. The van der Waals surface area contributed by atoms with E-state index in [2.05, 4.69) is 0 Å². The van der Waals surface area contributed by atoms with Gasteiger partial charge in [-0.2, -0.15) is 8.42 Å². The van der Waals surface area contributed by atoms with Crippen molar-refractivity contribution in [1.82, 2.24) is 0 Å². The van der Waals surface area contributed by atoms with Gasteiger partial charge in [0.1, 0.15) is 30.0 Å². The van der Waals surface area contributed by atoms with Crippen LogP contribution in [0.4, 0.5) is 0 Å². The van der Waals surface area contributed by atoms with Crippen LogP contribution in [0.2, 0.25) is 0 Å². The summed E-state index contributed by atoms with van der Waals surface area (Å²) in [6.45, 7) is 11.6. The Labute approximate surface area is 282 Å². The van der Waals surface area contributed by atoms with E-state index in [9.17, 15) is 47.8 Å². The van der Waals surface area contributed by atoms with Gasteiger partial charge in [0.25, 0.3) is 0 Å². The maximum Gasteiger partial charge on any atom is 0.397 e. The standard InChI is InChI=1S/C33H54O14S/c1-16(15-44-18(3)34)9-8-10-17(2)23-27(46-20(5)36)26(38)29-32(23,7)14-12-22-31(6)13-11-21(45-19(4)35)25(37)24(31)28(47-48(41,42)43)30(39)33(22,29)40/h16-17,21-30,37-40H,8-15H2,1-7H3,(H,41,42,43)/t16?,17-,21+,22-,23+,24-,25+,26-,27-,28-,29-,30-,31-,32-,33+/m1/s1. The van der Waals surface area contributed by atoms with Gasteiger partial charge in [-0.05, 0) is 60.7 Å². The molecule has 4 aliphatic carbocycles. The summed E-state index contributed by atoms with van der Waals surface area (Å²) in [6, 6.07) is 0. The van der Waals surface area contributed by atoms with Crippen LogP contribution in [0.5, 0.6) is 0 Å². The largest absolute Gasteiger partial charge is 0.466 e. The maximum atomic E-state index is 12.9. The number of hydrogen-bond acceptors (Lipinski definition) is 13. The number of aliphatic hydroxyl groups is 4. The van der Waals surface area contributed by atoms with E-state index in [0.29, 0.717) is 19.3 Å². The fraction of sp³-hybridized carbons (Fsp3) is 0.909. The molecule has 48 heavy (non-hydrogen) atoms. The zero-order valence-electron chi connectivity index (χ0n) is 28.9. The third-order valence-corrected chi connectivity index (χ3v) is 12.8. The van der Waals surface area contributed by atoms with E-state index in [1.807, 2.05) is 20.8 Å². The molecule has 4 saturated carbocycles. The van der Waals surface area contributed by atoms with Gasteiger partial charge in [0.2, 0.25) is 0 Å². The Hall–Kier alpha value is -1.88. The van der Waals surface area contributed by atoms with E-state index < -0.39 is 99.1 Å². The summed E-state index contributed by atoms with van der Waals surface area (Å²) in [5.74, 6) is -5.30. The van der Waals surface area contributed by atoms with E-state index in [4.69, 9.17) is 18.4 Å². The van der Waals surface area contributed by atoms with E-state index in [1.54, 1.807) is 6.92 Å². The predicted molar refractivity (Wildman–Crippen MR) is 168 cm³/mol. The van der Waals surface area contributed by atoms with Crippen LogP contribution < -0.4 is 0 Å². The minimum Gasteiger partial charge on any atom is -0.466 e. The van der Waals surface area contributed by atoms with Gasteiger partial charge in [0.15, 0.2) is 0 Å². The lowest BCUT2D eigenvalue weighted by Gasteiger charge is -2.68. The van der Waals surface area contributed by atoms with Crippen molar-refractivity contribution in [2.75, 3.05) is 6.61 Å². The number of fused-ring (bicyclic) bond motifs is 5. The molecular weight excluding hydrogens is 652 g/mol. The number of ether oxygens (including phenoxy) is 3. The first kappa shape index (κ1) is 38.9. The fourth-order valence-corrected chi connectivity index (χ4v) is 11.2. The van der Waals surface area contributed by atoms with Crippen LogP contribution in [0.3, 0.4) is 0 Å². The molecule has 0 amide bonds. The number of carbonyl (C=O) groups excluding carboxylic acids is 3. The molecule has 0 spiro atoms. The average Bonchev–Trinajstić information content (AvgIpc) is 3.17. The smallest absolute Gasteiger partial charge is 0.397 e. The summed E-state index contributed by atoms with van der Waals surface area (Å²) < 4.78 is 55.5. The molecule has 0 aromatic carbocycles. The van der Waals surface area contributed by atoms with Crippen molar-refractivity contribution in [2.45, 2.75) is 136 Å². The van der Waals surface area contributed by atoms with Crippen molar-refractivity contribution >= 4 is 28.3 Å². The van der Waals surface area contributed by atoms with E-state index >= 15 is 0 Å². The maximum absolute atomic E-state index is 12.9. The lowest BCUT2D eigenvalue weighted by atomic mass is 9.40. The van der Waals surface area contributed by atoms with Crippen LogP contribution in [0, 0.1) is 46.3 Å². The normalized spacial score (nSPS) is 43.6. The highest BCUT2D eigenvalue weighted by Gasteiger charge is 2.77. The Bertz CT molecular complexity index is 1320. The van der Waals surface area contributed by atoms with Gasteiger partial charge in [0, 0.05) is 38.5 Å². The summed E-state index contributed by atoms with van der Waals surface area (Å²) in [6.07, 6.45) is -5.70. The van der Waals surface area contributed by atoms with Crippen molar-refractivity contribution in [3.8, 4) is 0 Å². The first-order chi connectivity index (χ1) is 22.1. The second-order valence-corrected chi connectivity index (χ2v) is 16.6. The Morgan fingerprint density at radius 1 is 0.854 bits per heavy atom. The summed E-state index contributed by atoms with van der Waals surface area (Å²) >= 11 is 0. The van der Waals surface area contributed by atoms with Crippen molar-refractivity contribution in [3.63, 3.8) is 0 Å². The Kier molecular flexibility index (Phi) is 11.4. The zero-order chi connectivity index (χ0) is 36.1. The molecule has 14 nitrogen and oxygen atoms in total. The topological polar surface area (TPSA) is 223 Å². The lowest BCUT2D eigenvalue weighted by molar-refractivity contribution is -0.318. The molecule has 0 aromatic rings. The van der Waals surface area contributed by atoms with Gasteiger partial charge < -0.3 is 34.6 Å². The molecule has 4 rings (SSSR count). The monoisotopic (exact) mass is 706 g/mol. The van der Waals surface area contributed by atoms with Crippen molar-refractivity contribution < 1.29 is 66.2 Å². The molecular formula is C33H54O14S. The molecule has 4 fully saturated rings. The van der Waals surface area contributed by atoms with Crippen LogP contribution in [0.15, 0.2) is 0 Å². The van der Waals surface area contributed by atoms with E-state index in [1.165, 1.54) is 20.8 Å². The van der Waals surface area contributed by atoms with Gasteiger partial charge in [-0.1, -0.05) is 40.5 Å². The van der Waals surface area contributed by atoms with Gasteiger partial charge >= 0.3 is 28.3 Å². The second kappa shape index (κ2) is 14.0. The first-order valence-electron chi connectivity index (χ1n) is 17.0. The summed E-state index contributed by atoms with van der Waals surface area (Å²) in [5.41, 5.74) is -4.25. The average molecular weight is 707 g/mol. The minimum atomic E-state index is -5.24. The molecule has 5 N–H and O–H groups in total. The van der Waals surface area contributed by atoms with Crippen molar-refractivity contribution in [3.05, 3.63) is 0 Å². The van der Waals surface area contributed by atoms with Crippen molar-refractivity contribution in [1.29, 1.82) is 0 Å². The number of hydrogen-bond donors (Lipinski definition) is 5. The number of carbonyl (C=O) groups is 3. The van der Waals surface area contributed by atoms with Gasteiger partial charge in [0.05, 0.1) is 18.8 Å². The molecule has 15 atom stereocenters. The van der Waals surface area contributed by atoms with Crippen LogP contribution in [-0.4, -0.2) is 100 Å². The Morgan fingerprint density at radius 2 is 1.46 bits per heavy atom. The molecule has 0 aliphatic heterocycles. The SMILES string of the molecule is CC(=O)OCC(C)CCC[C@@H](C)[C@H]1[C@@H](OC(C)=O)[C@@H](O)[C@@H]2[C@]1(C)CC[C@@H]1[C@@]3(C)CC[C@H](OC(C)=O)[C@H](O)[C@@H]3[C@@H](OS(=O)(=O)O)[C@@H](O)[C@]12O. The van der Waals surface area contributed by atoms with E-state index in [-0.39, 0.29) is 37.3 Å². The molecule has 0 heterocycles. The van der Waals surface area contributed by atoms with Crippen LogP contribution in [0.1, 0.15) is 93.4 Å². The van der Waals surface area contributed by atoms with Gasteiger partial charge in [-0.3, -0.25) is 18.9 Å². The molecule has 0 saturated heterocycles. The van der Waals surface area contributed by atoms with Crippen LogP contribution in [0.25, 0.3) is 0 Å². The molecule has 276 valence electrons. The molecule has 15 heteroatoms. The Morgan fingerprint density at radius 3 is 2.02 bits per heavy atom. The highest BCUT2D eigenvalue weighted by atomic mass is 32.3. The fourth-order valence-electron chi connectivity index (χ4n) is 10.7. The summed E-state index contributed by atoms with van der Waals surface area (Å²) in [7, 11) is -5.24. The molecule has 0 radical (unpaired) electrons. The third kappa shape index (κ3) is 7.02. The molecule has 0 aromatic heterocycles. The summed E-state index contributed by atoms with van der Waals surface area (Å²) in [5, 5.41) is 48.6. The van der Waals surface area contributed by atoms with E-state index in [0.717, 1.165) is 12.8 Å². The molecule has 1 unspecified atom stereocenters. The number of rotatable bonds is 11. The lowest BCUT2D eigenvalue weighted by Crippen LogP contribution is -2.77. The quantitative estimate of drug-likeness (QED) is 0.118. The predicted octanol–water partition coefficient (Wildman–Crippen LogP) is 1.95. The second-order valence-electron chi connectivity index (χ2n) is 15.5. The number of esters is 3. The Balaban J connectivity index is 1.74. The molecule has 4 aliphatic rings. The van der Waals surface area contributed by atoms with Crippen molar-refractivity contribution in [2.24, 2.45) is 46.3 Å². The summed E-state index contributed by atoms with van der Waals surface area (Å²) in [4.78, 5) is 35.5. The zero-order valence-corrected chi connectivity index (χ0v) is 29.7. The van der Waals surface area contributed by atoms with Crippen LogP contribution >= 0.6 is 0 Å². The first-order valence-corrected chi connectivity index (χ1v) is 18.4. The number of aliphatic hydroxyl groups excluding tert-OH is 3. The van der Waals surface area contributed by atoms with Gasteiger partial charge in [-0.25, -0.2) is 4.18 Å². The van der Waals surface area contributed by atoms with Gasteiger partial charge in [-0.15, -0.1) is 0 Å². The third-order valence-electron chi connectivity index (χ3n) is 12.3. The molecule has 0 bridgehead atoms. The highest BCUT2D eigenvalue weighted by Crippen LogP contribution is 2.70.